The summed E-state index contributed by atoms with van der Waals surface area (Å²) in [4.78, 5) is 0. The van der Waals surface area contributed by atoms with Gasteiger partial charge in [0, 0.05) is 0 Å². The van der Waals surface area contributed by atoms with Crippen molar-refractivity contribution in [3.8, 4) is 0 Å². The van der Waals surface area contributed by atoms with Gasteiger partial charge in [0.2, 0.25) is 0 Å². The van der Waals surface area contributed by atoms with Crippen LogP contribution in [-0.2, 0) is 12.8 Å². The minimum Gasteiger partial charge on any atom is -0.197 e. The second kappa shape index (κ2) is 3.35. The van der Waals surface area contributed by atoms with Gasteiger partial charge in [0.15, 0.2) is 0 Å². The molecule has 2 rings (SSSR count). The van der Waals surface area contributed by atoms with Crippen LogP contribution in [0.2, 0.25) is 0 Å². The lowest BCUT2D eigenvalue weighted by Crippen LogP contribution is -1.97. The molecule has 0 unspecified atom stereocenters. The first-order valence-corrected chi connectivity index (χ1v) is 5.09. The maximum Gasteiger partial charge on any atom is 0.0703 e. The molecule has 0 saturated heterocycles. The lowest BCUT2D eigenvalue weighted by molar-refractivity contribution is 0.613. The Labute approximate surface area is 71.6 Å². The molecule has 0 amide bonds. The zero-order valence-electron chi connectivity index (χ0n) is 6.60. The maximum atomic E-state index is 4.34. The van der Waals surface area contributed by atoms with Crippen molar-refractivity contribution in [2.24, 2.45) is 0 Å². The number of fused-ring (bicyclic) bond motifs is 1. The molecule has 0 atom stereocenters. The largest absolute Gasteiger partial charge is 0.197 e. The molecule has 1 aliphatic rings. The molecule has 2 heteroatoms. The van der Waals surface area contributed by atoms with Crippen LogP contribution in [0.1, 0.15) is 36.9 Å². The summed E-state index contributed by atoms with van der Waals surface area (Å²) in [5, 5.41) is 3.26. The Morgan fingerprint density at radius 3 is 2.82 bits per heavy atom. The molecule has 1 radical (unpaired) electrons. The molecule has 0 bridgehead atoms. The normalized spacial score (nSPS) is 18.5. The first-order chi connectivity index (χ1) is 5.47. The smallest absolute Gasteiger partial charge is 0.0703 e. The molecule has 0 spiro atoms. The minimum absolute atomic E-state index is 1.19. The van der Waals surface area contributed by atoms with Gasteiger partial charge in [-0.3, -0.25) is 0 Å². The predicted molar refractivity (Wildman–Crippen MR) is 46.8 cm³/mol. The van der Waals surface area contributed by atoms with Crippen molar-refractivity contribution in [2.45, 2.75) is 38.5 Å². The highest BCUT2D eigenvalue weighted by molar-refractivity contribution is 7.03. The summed E-state index contributed by atoms with van der Waals surface area (Å²) in [6.45, 7) is 0. The van der Waals surface area contributed by atoms with E-state index in [9.17, 15) is 0 Å². The van der Waals surface area contributed by atoms with Gasteiger partial charge in [0.1, 0.15) is 0 Å². The van der Waals surface area contributed by atoms with Crippen molar-refractivity contribution < 1.29 is 0 Å². The number of hydrogen-bond donors (Lipinski definition) is 0. The van der Waals surface area contributed by atoms with Crippen LogP contribution in [0.4, 0.5) is 0 Å². The quantitative estimate of drug-likeness (QED) is 0.577. The van der Waals surface area contributed by atoms with Gasteiger partial charge < -0.3 is 0 Å². The van der Waals surface area contributed by atoms with Gasteiger partial charge in [0.05, 0.1) is 11.1 Å². The summed E-state index contributed by atoms with van der Waals surface area (Å²) >= 11 is 1.50. The molecular weight excluding hydrogens is 154 g/mol. The van der Waals surface area contributed by atoms with Gasteiger partial charge >= 0.3 is 0 Å². The summed E-state index contributed by atoms with van der Waals surface area (Å²) in [5.41, 5.74) is 2.73. The molecule has 1 aliphatic carbocycles. The molecule has 1 heterocycles. The van der Waals surface area contributed by atoms with Crippen LogP contribution in [0.3, 0.4) is 0 Å². The van der Waals surface area contributed by atoms with E-state index < -0.39 is 0 Å². The first-order valence-electron chi connectivity index (χ1n) is 4.32. The van der Waals surface area contributed by atoms with E-state index in [0.717, 1.165) is 0 Å². The van der Waals surface area contributed by atoms with Crippen LogP contribution in [0.15, 0.2) is 0 Å². The average molecular weight is 166 g/mol. The Morgan fingerprint density at radius 2 is 1.91 bits per heavy atom. The number of aromatic nitrogens is 1. The zero-order chi connectivity index (χ0) is 7.52. The topological polar surface area (TPSA) is 12.9 Å². The Kier molecular flexibility index (Phi) is 2.22. The van der Waals surface area contributed by atoms with Gasteiger partial charge in [-0.15, -0.1) is 0 Å². The van der Waals surface area contributed by atoms with Crippen molar-refractivity contribution in [2.75, 3.05) is 0 Å². The molecule has 0 aromatic carbocycles. The van der Waals surface area contributed by atoms with Gasteiger partial charge in [-0.2, -0.15) is 4.37 Å². The maximum absolute atomic E-state index is 4.34. The lowest BCUT2D eigenvalue weighted by Gasteiger charge is -2.06. The van der Waals surface area contributed by atoms with Crippen molar-refractivity contribution in [3.63, 3.8) is 0 Å². The van der Waals surface area contributed by atoms with Crippen LogP contribution < -0.4 is 0 Å². The molecule has 11 heavy (non-hydrogen) atoms. The monoisotopic (exact) mass is 166 g/mol. The standard InChI is InChI=1S/C9H12NS/c1-2-4-6-9-8(5-3-1)7-11-10-9/h1-6H2. The van der Waals surface area contributed by atoms with Crippen molar-refractivity contribution in [3.05, 3.63) is 16.6 Å². The predicted octanol–water partition coefficient (Wildman–Crippen LogP) is 2.60. The highest BCUT2D eigenvalue weighted by Crippen LogP contribution is 2.19. The fourth-order valence-electron chi connectivity index (χ4n) is 1.59. The van der Waals surface area contributed by atoms with Crippen LogP contribution in [0.25, 0.3) is 0 Å². The SMILES string of the molecule is [c]1snc2c1CCCCCC2. The summed E-state index contributed by atoms with van der Waals surface area (Å²) in [7, 11) is 0. The minimum atomic E-state index is 1.19. The first kappa shape index (κ1) is 7.29. The summed E-state index contributed by atoms with van der Waals surface area (Å²) in [6, 6.07) is 0. The van der Waals surface area contributed by atoms with Crippen LogP contribution in [0, 0.1) is 5.38 Å². The fraction of sp³-hybridized carbons (Fsp3) is 0.667. The van der Waals surface area contributed by atoms with E-state index in [0.29, 0.717) is 0 Å². The molecule has 59 valence electrons. The van der Waals surface area contributed by atoms with E-state index in [4.69, 9.17) is 0 Å². The number of rotatable bonds is 0. The zero-order valence-corrected chi connectivity index (χ0v) is 7.41. The summed E-state index contributed by atoms with van der Waals surface area (Å²) < 4.78 is 4.34. The van der Waals surface area contributed by atoms with Gasteiger partial charge in [-0.05, 0) is 42.8 Å². The molecule has 0 N–H and O–H groups in total. The number of aryl methyl sites for hydroxylation is 2. The molecule has 1 nitrogen and oxygen atoms in total. The van der Waals surface area contributed by atoms with Crippen LogP contribution >= 0.6 is 11.5 Å². The van der Waals surface area contributed by atoms with E-state index in [1.165, 1.54) is 61.3 Å². The lowest BCUT2D eigenvalue weighted by atomic mass is 9.99. The number of hydrogen-bond acceptors (Lipinski definition) is 2. The Bertz CT molecular complexity index is 207. The van der Waals surface area contributed by atoms with E-state index in [1.807, 2.05) is 0 Å². The van der Waals surface area contributed by atoms with E-state index >= 15 is 0 Å². The van der Waals surface area contributed by atoms with Crippen LogP contribution in [-0.4, -0.2) is 4.37 Å². The van der Waals surface area contributed by atoms with E-state index in [1.54, 1.807) is 0 Å². The van der Waals surface area contributed by atoms with Crippen molar-refractivity contribution >= 4 is 11.5 Å². The molecule has 1 aromatic rings. The molecule has 0 aliphatic heterocycles. The second-order valence-corrected chi connectivity index (χ2v) is 3.69. The van der Waals surface area contributed by atoms with Gasteiger partial charge in [-0.25, -0.2) is 0 Å². The van der Waals surface area contributed by atoms with Crippen molar-refractivity contribution in [1.29, 1.82) is 0 Å². The third kappa shape index (κ3) is 1.62. The molecule has 0 fully saturated rings. The Morgan fingerprint density at radius 1 is 1.09 bits per heavy atom. The van der Waals surface area contributed by atoms with E-state index in [-0.39, 0.29) is 0 Å². The van der Waals surface area contributed by atoms with E-state index in [2.05, 4.69) is 9.75 Å². The summed E-state index contributed by atoms with van der Waals surface area (Å²) in [6.07, 6.45) is 7.84. The second-order valence-electron chi connectivity index (χ2n) is 3.12. The third-order valence-corrected chi connectivity index (χ3v) is 2.91. The number of nitrogens with zero attached hydrogens (tertiary/aromatic N) is 1. The molecule has 1 aromatic heterocycles. The highest BCUT2D eigenvalue weighted by atomic mass is 32.1. The van der Waals surface area contributed by atoms with Crippen LogP contribution in [0.5, 0.6) is 0 Å². The molecule has 0 saturated carbocycles. The molecular formula is C9H12NS. The van der Waals surface area contributed by atoms with Gasteiger partial charge in [-0.1, -0.05) is 12.8 Å². The van der Waals surface area contributed by atoms with Crippen molar-refractivity contribution in [1.82, 2.24) is 4.37 Å². The fourth-order valence-corrected chi connectivity index (χ4v) is 2.27. The Hall–Kier alpha value is -0.370. The summed E-state index contributed by atoms with van der Waals surface area (Å²) in [5.74, 6) is 0. The Balaban J connectivity index is 2.18. The highest BCUT2D eigenvalue weighted by Gasteiger charge is 2.08. The van der Waals surface area contributed by atoms with Gasteiger partial charge in [0.25, 0.3) is 0 Å². The third-order valence-electron chi connectivity index (χ3n) is 2.26. The average Bonchev–Trinajstić information content (AvgIpc) is 2.35.